The van der Waals surface area contributed by atoms with Gasteiger partial charge in [0.05, 0.1) is 5.69 Å². The molecule has 1 N–H and O–H groups in total. The van der Waals surface area contributed by atoms with Gasteiger partial charge >= 0.3 is 0 Å². The molecule has 1 rings (SSSR count). The van der Waals surface area contributed by atoms with Gasteiger partial charge in [0.15, 0.2) is 0 Å². The molecule has 0 aliphatic rings. The van der Waals surface area contributed by atoms with Crippen LogP contribution in [0.15, 0.2) is 22.7 Å². The molecule has 0 radical (unpaired) electrons. The van der Waals surface area contributed by atoms with E-state index in [1.807, 2.05) is 0 Å². The fourth-order valence-corrected chi connectivity index (χ4v) is 1.16. The van der Waals surface area contributed by atoms with Crippen molar-refractivity contribution in [1.82, 2.24) is 0 Å². The Labute approximate surface area is 88.4 Å². The first-order valence-corrected chi connectivity index (χ1v) is 4.57. The minimum absolute atomic E-state index is 0.0143. The standard InChI is InChI=1S/C9H7BrFNO2/c1-5(13)9(14)12-8-4-6(10)2-3-7(8)11/h2-4H,1H3,(H,12,14). The highest BCUT2D eigenvalue weighted by atomic mass is 79.9. The largest absolute Gasteiger partial charge is 0.317 e. The van der Waals surface area contributed by atoms with Crippen LogP contribution in [-0.2, 0) is 9.59 Å². The number of ketones is 1. The zero-order valence-corrected chi connectivity index (χ0v) is 8.89. The maximum absolute atomic E-state index is 13.0. The number of amides is 1. The van der Waals surface area contributed by atoms with Gasteiger partial charge in [-0.2, -0.15) is 0 Å². The van der Waals surface area contributed by atoms with Gasteiger partial charge in [-0.25, -0.2) is 4.39 Å². The van der Waals surface area contributed by atoms with Crippen LogP contribution in [0.5, 0.6) is 0 Å². The third-order valence-electron chi connectivity index (χ3n) is 1.50. The van der Waals surface area contributed by atoms with Crippen molar-refractivity contribution in [1.29, 1.82) is 0 Å². The molecule has 0 fully saturated rings. The van der Waals surface area contributed by atoms with Gasteiger partial charge < -0.3 is 5.32 Å². The maximum Gasteiger partial charge on any atom is 0.291 e. The van der Waals surface area contributed by atoms with Crippen molar-refractivity contribution >= 4 is 33.3 Å². The summed E-state index contributed by atoms with van der Waals surface area (Å²) in [6, 6.07) is 4.08. The van der Waals surface area contributed by atoms with Gasteiger partial charge in [0.1, 0.15) is 5.82 Å². The second-order valence-corrected chi connectivity index (χ2v) is 3.55. The molecule has 74 valence electrons. The lowest BCUT2D eigenvalue weighted by Crippen LogP contribution is -2.20. The van der Waals surface area contributed by atoms with Gasteiger partial charge in [-0.1, -0.05) is 15.9 Å². The molecule has 0 unspecified atom stereocenters. The van der Waals surface area contributed by atoms with Crippen LogP contribution in [-0.4, -0.2) is 11.7 Å². The number of carbonyl (C=O) groups is 2. The van der Waals surface area contributed by atoms with E-state index in [4.69, 9.17) is 0 Å². The first-order chi connectivity index (χ1) is 6.50. The molecular weight excluding hydrogens is 253 g/mol. The van der Waals surface area contributed by atoms with Crippen molar-refractivity contribution in [2.24, 2.45) is 0 Å². The van der Waals surface area contributed by atoms with Crippen molar-refractivity contribution in [3.8, 4) is 0 Å². The molecule has 0 saturated heterocycles. The fraction of sp³-hybridized carbons (Fsp3) is 0.111. The minimum atomic E-state index is -0.831. The first-order valence-electron chi connectivity index (χ1n) is 3.77. The van der Waals surface area contributed by atoms with Gasteiger partial charge in [0.25, 0.3) is 5.91 Å². The SMILES string of the molecule is CC(=O)C(=O)Nc1cc(Br)ccc1F. The Morgan fingerprint density at radius 2 is 2.07 bits per heavy atom. The summed E-state index contributed by atoms with van der Waals surface area (Å²) in [5, 5.41) is 2.16. The summed E-state index contributed by atoms with van der Waals surface area (Å²) in [5.41, 5.74) is -0.0143. The number of hydrogen-bond donors (Lipinski definition) is 1. The van der Waals surface area contributed by atoms with Crippen LogP contribution in [0.25, 0.3) is 0 Å². The Morgan fingerprint density at radius 1 is 1.43 bits per heavy atom. The van der Waals surface area contributed by atoms with E-state index in [2.05, 4.69) is 21.2 Å². The molecule has 1 aromatic rings. The number of carbonyl (C=O) groups excluding carboxylic acids is 2. The normalized spacial score (nSPS) is 9.64. The maximum atomic E-state index is 13.0. The Bertz CT molecular complexity index is 392. The minimum Gasteiger partial charge on any atom is -0.317 e. The van der Waals surface area contributed by atoms with E-state index in [9.17, 15) is 14.0 Å². The quantitative estimate of drug-likeness (QED) is 0.828. The number of halogens is 2. The summed E-state index contributed by atoms with van der Waals surface area (Å²) < 4.78 is 13.7. The number of anilines is 1. The van der Waals surface area contributed by atoms with E-state index in [1.165, 1.54) is 18.2 Å². The van der Waals surface area contributed by atoms with E-state index >= 15 is 0 Å². The molecule has 0 aliphatic carbocycles. The average molecular weight is 260 g/mol. The van der Waals surface area contributed by atoms with Crippen LogP contribution in [0, 0.1) is 5.82 Å². The topological polar surface area (TPSA) is 46.2 Å². The van der Waals surface area contributed by atoms with Crippen LogP contribution < -0.4 is 5.32 Å². The third-order valence-corrected chi connectivity index (χ3v) is 1.99. The van der Waals surface area contributed by atoms with E-state index in [-0.39, 0.29) is 5.69 Å². The summed E-state index contributed by atoms with van der Waals surface area (Å²) in [7, 11) is 0. The van der Waals surface area contributed by atoms with E-state index in [0.717, 1.165) is 6.92 Å². The van der Waals surface area contributed by atoms with Gasteiger partial charge in [0, 0.05) is 11.4 Å². The summed E-state index contributed by atoms with van der Waals surface area (Å²) in [5.74, 6) is -2.07. The lowest BCUT2D eigenvalue weighted by molar-refractivity contribution is -0.133. The Hall–Kier alpha value is -1.23. The highest BCUT2D eigenvalue weighted by Gasteiger charge is 2.10. The Kier molecular flexibility index (Phi) is 3.35. The summed E-state index contributed by atoms with van der Waals surface area (Å²) in [6.07, 6.45) is 0. The van der Waals surface area contributed by atoms with Gasteiger partial charge in [-0.3, -0.25) is 9.59 Å². The average Bonchev–Trinajstić information content (AvgIpc) is 2.11. The van der Waals surface area contributed by atoms with Crippen molar-refractivity contribution in [2.75, 3.05) is 5.32 Å². The number of hydrogen-bond acceptors (Lipinski definition) is 2. The summed E-state index contributed by atoms with van der Waals surface area (Å²) in [6.45, 7) is 1.12. The molecule has 0 atom stereocenters. The molecule has 1 aromatic carbocycles. The number of benzene rings is 1. The first kappa shape index (κ1) is 10.8. The molecule has 0 bridgehead atoms. The number of nitrogens with one attached hydrogen (secondary N) is 1. The number of rotatable bonds is 2. The lowest BCUT2D eigenvalue weighted by Gasteiger charge is -2.04. The van der Waals surface area contributed by atoms with Gasteiger partial charge in [-0.15, -0.1) is 0 Å². The molecule has 5 heteroatoms. The van der Waals surface area contributed by atoms with Crippen LogP contribution in [0.4, 0.5) is 10.1 Å². The van der Waals surface area contributed by atoms with E-state index in [0.29, 0.717) is 4.47 Å². The molecular formula is C9H7BrFNO2. The van der Waals surface area contributed by atoms with Gasteiger partial charge in [-0.05, 0) is 18.2 Å². The highest BCUT2D eigenvalue weighted by Crippen LogP contribution is 2.19. The van der Waals surface area contributed by atoms with Crippen molar-refractivity contribution in [3.63, 3.8) is 0 Å². The van der Waals surface area contributed by atoms with Crippen LogP contribution in [0.2, 0.25) is 0 Å². The lowest BCUT2D eigenvalue weighted by atomic mass is 10.3. The van der Waals surface area contributed by atoms with Crippen molar-refractivity contribution in [2.45, 2.75) is 6.92 Å². The monoisotopic (exact) mass is 259 g/mol. The molecule has 0 saturated carbocycles. The predicted molar refractivity (Wildman–Crippen MR) is 53.4 cm³/mol. The van der Waals surface area contributed by atoms with E-state index < -0.39 is 17.5 Å². The van der Waals surface area contributed by atoms with Crippen molar-refractivity contribution < 1.29 is 14.0 Å². The Balaban J connectivity index is 2.91. The highest BCUT2D eigenvalue weighted by molar-refractivity contribution is 9.10. The molecule has 0 spiro atoms. The zero-order valence-electron chi connectivity index (χ0n) is 7.30. The van der Waals surface area contributed by atoms with Crippen molar-refractivity contribution in [3.05, 3.63) is 28.5 Å². The molecule has 14 heavy (non-hydrogen) atoms. The van der Waals surface area contributed by atoms with Gasteiger partial charge in [0.2, 0.25) is 5.78 Å². The number of Topliss-reactive ketones (excluding diaryl/α,β-unsaturated/α-hetero) is 1. The Morgan fingerprint density at radius 3 is 2.64 bits per heavy atom. The molecule has 0 heterocycles. The molecule has 3 nitrogen and oxygen atoms in total. The fourth-order valence-electron chi connectivity index (χ4n) is 0.804. The smallest absolute Gasteiger partial charge is 0.291 e. The van der Waals surface area contributed by atoms with Crippen LogP contribution >= 0.6 is 15.9 Å². The second kappa shape index (κ2) is 4.32. The summed E-state index contributed by atoms with van der Waals surface area (Å²) in [4.78, 5) is 21.5. The zero-order chi connectivity index (χ0) is 10.7. The van der Waals surface area contributed by atoms with Crippen LogP contribution in [0.1, 0.15) is 6.92 Å². The molecule has 0 aromatic heterocycles. The summed E-state index contributed by atoms with van der Waals surface area (Å²) >= 11 is 3.12. The van der Waals surface area contributed by atoms with E-state index in [1.54, 1.807) is 0 Å². The predicted octanol–water partition coefficient (Wildman–Crippen LogP) is 2.12. The van der Waals surface area contributed by atoms with Crippen LogP contribution in [0.3, 0.4) is 0 Å². The second-order valence-electron chi connectivity index (χ2n) is 2.63. The third kappa shape index (κ3) is 2.63. The molecule has 0 aliphatic heterocycles. The molecule has 1 amide bonds.